The maximum absolute atomic E-state index is 5.85. The summed E-state index contributed by atoms with van der Waals surface area (Å²) in [6.07, 6.45) is 6.79. The summed E-state index contributed by atoms with van der Waals surface area (Å²) in [7, 11) is 3.21. The Balaban J connectivity index is 2.34. The number of hydrogen-bond donors (Lipinski definition) is 2. The molecule has 1 aliphatic heterocycles. The van der Waals surface area contributed by atoms with Gasteiger partial charge in [0.15, 0.2) is 17.4 Å². The third kappa shape index (κ3) is 2.76. The minimum atomic E-state index is 0.356. The Kier molecular flexibility index (Phi) is 4.61. The van der Waals surface area contributed by atoms with Gasteiger partial charge in [0.2, 0.25) is 5.76 Å². The highest BCUT2D eigenvalue weighted by Crippen LogP contribution is 2.36. The molecule has 20 heavy (non-hydrogen) atoms. The maximum Gasteiger partial charge on any atom is 0.204 e. The lowest BCUT2D eigenvalue weighted by Crippen LogP contribution is -2.24. The third-order valence-corrected chi connectivity index (χ3v) is 3.30. The quantitative estimate of drug-likeness (QED) is 0.730. The minimum absolute atomic E-state index is 0.356. The lowest BCUT2D eigenvalue weighted by molar-refractivity contribution is 0.185. The number of rotatable bonds is 6. The third-order valence-electron chi connectivity index (χ3n) is 3.30. The van der Waals surface area contributed by atoms with Gasteiger partial charge in [0.25, 0.3) is 0 Å². The molecule has 0 spiro atoms. The van der Waals surface area contributed by atoms with Crippen LogP contribution in [-0.2, 0) is 14.2 Å². The molecule has 3 N–H and O–H groups in total. The molecule has 5 heteroatoms. The van der Waals surface area contributed by atoms with Crippen molar-refractivity contribution in [2.45, 2.75) is 26.2 Å². The molecule has 0 atom stereocenters. The summed E-state index contributed by atoms with van der Waals surface area (Å²) >= 11 is 0. The largest absolute Gasteiger partial charge is 0.493 e. The summed E-state index contributed by atoms with van der Waals surface area (Å²) in [5, 5.41) is 3.41. The van der Waals surface area contributed by atoms with Gasteiger partial charge in [0.05, 0.1) is 14.2 Å². The van der Waals surface area contributed by atoms with Crippen molar-refractivity contribution < 1.29 is 14.2 Å². The van der Waals surface area contributed by atoms with Crippen molar-refractivity contribution in [3.63, 3.8) is 0 Å². The molecule has 1 aliphatic carbocycles. The van der Waals surface area contributed by atoms with E-state index in [4.69, 9.17) is 19.9 Å². The van der Waals surface area contributed by atoms with Gasteiger partial charge < -0.3 is 25.3 Å². The van der Waals surface area contributed by atoms with Crippen molar-refractivity contribution in [1.29, 1.82) is 0 Å². The molecule has 0 aromatic carbocycles. The maximum atomic E-state index is 5.85. The summed E-state index contributed by atoms with van der Waals surface area (Å²) in [4.78, 5) is 0. The van der Waals surface area contributed by atoms with E-state index < -0.39 is 0 Å². The fourth-order valence-corrected chi connectivity index (χ4v) is 2.27. The second kappa shape index (κ2) is 6.41. The monoisotopic (exact) mass is 278 g/mol. The number of nitrogens with one attached hydrogen (secondary N) is 1. The van der Waals surface area contributed by atoms with E-state index in [1.54, 1.807) is 14.2 Å². The van der Waals surface area contributed by atoms with Crippen LogP contribution in [0.15, 0.2) is 46.6 Å². The average Bonchev–Trinajstić information content (AvgIpc) is 2.45. The van der Waals surface area contributed by atoms with Crippen molar-refractivity contribution in [1.82, 2.24) is 5.32 Å². The topological polar surface area (TPSA) is 65.7 Å². The summed E-state index contributed by atoms with van der Waals surface area (Å²) in [6, 6.07) is 0. The van der Waals surface area contributed by atoms with Crippen LogP contribution in [0.2, 0.25) is 0 Å². The zero-order valence-electron chi connectivity index (χ0n) is 12.3. The van der Waals surface area contributed by atoms with E-state index in [1.165, 1.54) is 0 Å². The molecule has 0 saturated heterocycles. The van der Waals surface area contributed by atoms with E-state index in [1.807, 2.05) is 12.2 Å². The lowest BCUT2D eigenvalue weighted by Gasteiger charge is -2.27. The van der Waals surface area contributed by atoms with Gasteiger partial charge in [-0.1, -0.05) is 13.3 Å². The number of nitrogens with two attached hydrogens (primary N) is 1. The van der Waals surface area contributed by atoms with Crippen LogP contribution in [0.25, 0.3) is 0 Å². The fraction of sp³-hybridized carbons (Fsp3) is 0.467. The molecule has 110 valence electrons. The van der Waals surface area contributed by atoms with Gasteiger partial charge in [-0.2, -0.15) is 0 Å². The molecule has 2 rings (SSSR count). The number of hydrogen-bond acceptors (Lipinski definition) is 5. The van der Waals surface area contributed by atoms with Crippen molar-refractivity contribution in [3.8, 4) is 0 Å². The van der Waals surface area contributed by atoms with E-state index in [9.17, 15) is 0 Å². The van der Waals surface area contributed by atoms with Gasteiger partial charge in [0, 0.05) is 30.3 Å². The van der Waals surface area contributed by atoms with E-state index in [0.717, 1.165) is 37.1 Å². The van der Waals surface area contributed by atoms with E-state index in [2.05, 4.69) is 12.2 Å². The normalized spacial score (nSPS) is 17.9. The lowest BCUT2D eigenvalue weighted by atomic mass is 9.99. The van der Waals surface area contributed by atoms with Crippen LogP contribution < -0.4 is 11.1 Å². The number of unbranched alkanes of at least 4 members (excludes halogenated alkanes) is 1. The Hall–Kier alpha value is -2.04. The van der Waals surface area contributed by atoms with E-state index in [0.29, 0.717) is 23.2 Å². The number of allylic oxidation sites excluding steroid dienone is 3. The van der Waals surface area contributed by atoms with Crippen LogP contribution in [0.4, 0.5) is 0 Å². The van der Waals surface area contributed by atoms with Gasteiger partial charge in [-0.3, -0.25) is 0 Å². The predicted molar refractivity (Wildman–Crippen MR) is 77.0 cm³/mol. The average molecular weight is 278 g/mol. The van der Waals surface area contributed by atoms with Gasteiger partial charge in [-0.15, -0.1) is 0 Å². The first-order valence-corrected chi connectivity index (χ1v) is 6.86. The van der Waals surface area contributed by atoms with Crippen LogP contribution in [-0.4, -0.2) is 20.8 Å². The molecule has 0 radical (unpaired) electrons. The molecule has 1 heterocycles. The van der Waals surface area contributed by atoms with Gasteiger partial charge in [-0.05, 0) is 12.5 Å². The Morgan fingerprint density at radius 3 is 2.80 bits per heavy atom. The van der Waals surface area contributed by atoms with Crippen LogP contribution >= 0.6 is 0 Å². The molecule has 0 amide bonds. The van der Waals surface area contributed by atoms with Crippen molar-refractivity contribution in [2.75, 3.05) is 20.8 Å². The van der Waals surface area contributed by atoms with Crippen molar-refractivity contribution in [3.05, 3.63) is 46.6 Å². The SMILES string of the molecule is CCCCNC1=C2CC=C(OC)C(OC)=C2OC(N)=C1. The zero-order valence-corrected chi connectivity index (χ0v) is 12.3. The van der Waals surface area contributed by atoms with Crippen LogP contribution in [0.3, 0.4) is 0 Å². The highest BCUT2D eigenvalue weighted by molar-refractivity contribution is 5.49. The first-order chi connectivity index (χ1) is 9.71. The Morgan fingerprint density at radius 1 is 1.35 bits per heavy atom. The molecular formula is C15H22N2O3. The van der Waals surface area contributed by atoms with Crippen molar-refractivity contribution >= 4 is 0 Å². The standard InChI is InChI=1S/C15H22N2O3/c1-4-5-8-17-11-9-13(16)20-14-10(11)6-7-12(18-2)15(14)19-3/h7,9,17H,4-6,8,16H2,1-3H3. The molecular weight excluding hydrogens is 256 g/mol. The molecule has 0 fully saturated rings. The Labute approximate surface area is 119 Å². The number of methoxy groups -OCH3 is 2. The van der Waals surface area contributed by atoms with Crippen LogP contribution in [0.5, 0.6) is 0 Å². The minimum Gasteiger partial charge on any atom is -0.493 e. The van der Waals surface area contributed by atoms with Crippen LogP contribution in [0, 0.1) is 0 Å². The summed E-state index contributed by atoms with van der Waals surface area (Å²) in [5.74, 6) is 2.26. The highest BCUT2D eigenvalue weighted by atomic mass is 16.5. The van der Waals surface area contributed by atoms with Gasteiger partial charge in [0.1, 0.15) is 0 Å². The molecule has 0 aromatic rings. The summed E-state index contributed by atoms with van der Waals surface area (Å²) < 4.78 is 16.3. The molecule has 0 unspecified atom stereocenters. The number of fused-ring (bicyclic) bond motifs is 1. The molecule has 0 saturated carbocycles. The Bertz CT molecular complexity index is 501. The predicted octanol–water partition coefficient (Wildman–Crippen LogP) is 2.25. The molecule has 0 bridgehead atoms. The van der Waals surface area contributed by atoms with Gasteiger partial charge >= 0.3 is 0 Å². The number of ether oxygens (including phenoxy) is 3. The van der Waals surface area contributed by atoms with Gasteiger partial charge in [-0.25, -0.2) is 0 Å². The summed E-state index contributed by atoms with van der Waals surface area (Å²) in [5.41, 5.74) is 7.90. The Morgan fingerprint density at radius 2 is 2.15 bits per heavy atom. The smallest absolute Gasteiger partial charge is 0.204 e. The first kappa shape index (κ1) is 14.4. The van der Waals surface area contributed by atoms with Crippen LogP contribution in [0.1, 0.15) is 26.2 Å². The van der Waals surface area contributed by atoms with Crippen molar-refractivity contribution in [2.24, 2.45) is 5.73 Å². The van der Waals surface area contributed by atoms with E-state index in [-0.39, 0.29) is 0 Å². The first-order valence-electron chi connectivity index (χ1n) is 6.86. The zero-order chi connectivity index (χ0) is 14.5. The van der Waals surface area contributed by atoms with E-state index >= 15 is 0 Å². The second-order valence-electron chi connectivity index (χ2n) is 4.66. The second-order valence-corrected chi connectivity index (χ2v) is 4.66. The fourth-order valence-electron chi connectivity index (χ4n) is 2.27. The molecule has 5 nitrogen and oxygen atoms in total. The highest BCUT2D eigenvalue weighted by Gasteiger charge is 2.28. The molecule has 0 aromatic heterocycles. The molecule has 2 aliphatic rings. The summed E-state index contributed by atoms with van der Waals surface area (Å²) in [6.45, 7) is 3.08.